The average molecular weight is 297 g/mol. The fraction of sp³-hybridized carbons (Fsp3) is 0.462. The summed E-state index contributed by atoms with van der Waals surface area (Å²) in [5.74, 6) is 0. The Labute approximate surface area is 121 Å². The largest absolute Gasteiger partial charge is 0.591 e. The van der Waals surface area contributed by atoms with Crippen molar-refractivity contribution in [3.63, 3.8) is 0 Å². The zero-order valence-electron chi connectivity index (χ0n) is 12.0. The molecule has 6 nitrogen and oxygen atoms in total. The summed E-state index contributed by atoms with van der Waals surface area (Å²) < 4.78 is 15.8. The van der Waals surface area contributed by atoms with Gasteiger partial charge in [-0.2, -0.15) is 0 Å². The van der Waals surface area contributed by atoms with Gasteiger partial charge in [0.25, 0.3) is 0 Å². The van der Waals surface area contributed by atoms with Gasteiger partial charge < -0.3 is 15.0 Å². The molecule has 0 saturated carbocycles. The van der Waals surface area contributed by atoms with Crippen LogP contribution < -0.4 is 5.32 Å². The monoisotopic (exact) mass is 297 g/mol. The van der Waals surface area contributed by atoms with Crippen LogP contribution in [0.25, 0.3) is 0 Å². The Balaban J connectivity index is 3.14. The van der Waals surface area contributed by atoms with Crippen LogP contribution in [0, 0.1) is 0 Å². The van der Waals surface area contributed by atoms with Crippen LogP contribution in [0.4, 0.5) is 4.79 Å². The van der Waals surface area contributed by atoms with Crippen molar-refractivity contribution in [2.45, 2.75) is 38.5 Å². The second-order valence-electron chi connectivity index (χ2n) is 5.22. The minimum atomic E-state index is -1.49. The third kappa shape index (κ3) is 4.82. The van der Waals surface area contributed by atoms with E-state index in [4.69, 9.17) is 5.11 Å². The Morgan fingerprint density at radius 1 is 1.50 bits per heavy atom. The first-order valence-electron chi connectivity index (χ1n) is 6.13. The fourth-order valence-electron chi connectivity index (χ4n) is 1.34. The summed E-state index contributed by atoms with van der Waals surface area (Å²) in [4.78, 5) is 14.9. The van der Waals surface area contributed by atoms with E-state index in [9.17, 15) is 9.35 Å². The average Bonchev–Trinajstić information content (AvgIpc) is 2.34. The van der Waals surface area contributed by atoms with Gasteiger partial charge >= 0.3 is 6.09 Å². The quantitative estimate of drug-likeness (QED) is 0.656. The maximum Gasteiger partial charge on any atom is 0.405 e. The highest BCUT2D eigenvalue weighted by atomic mass is 32.2. The summed E-state index contributed by atoms with van der Waals surface area (Å²) in [5, 5.41) is 11.1. The van der Waals surface area contributed by atoms with E-state index in [0.29, 0.717) is 11.4 Å². The number of pyridine rings is 1. The van der Waals surface area contributed by atoms with Crippen molar-refractivity contribution in [1.82, 2.24) is 10.3 Å². The van der Waals surface area contributed by atoms with Crippen LogP contribution >= 0.6 is 0 Å². The van der Waals surface area contributed by atoms with Gasteiger partial charge in [0.05, 0.1) is 11.7 Å². The Kier molecular flexibility index (Phi) is 5.52. The second kappa shape index (κ2) is 6.71. The Hall–Kier alpha value is -1.60. The van der Waals surface area contributed by atoms with E-state index in [0.717, 1.165) is 0 Å². The standard InChI is InChI=1S/C13H19N3O3S/c1-9(15-12(17)18)11(10-7-5-6-8-14-10)16-20(19)13(2,3)4/h5-9,15H,1-4H3,(H,17,18)/b16-11+/t9-,20?/m0/s1. The lowest BCUT2D eigenvalue weighted by atomic mass is 10.1. The lowest BCUT2D eigenvalue weighted by Gasteiger charge is -2.21. The molecule has 0 radical (unpaired) electrons. The van der Waals surface area contributed by atoms with E-state index < -0.39 is 28.2 Å². The molecule has 0 spiro atoms. The van der Waals surface area contributed by atoms with Crippen LogP contribution in [0.15, 0.2) is 28.8 Å². The minimum absolute atomic E-state index is 0.362. The lowest BCUT2D eigenvalue weighted by Crippen LogP contribution is -2.40. The number of amides is 1. The lowest BCUT2D eigenvalue weighted by molar-refractivity contribution is 0.193. The molecule has 1 unspecified atom stereocenters. The third-order valence-electron chi connectivity index (χ3n) is 2.38. The highest BCUT2D eigenvalue weighted by molar-refractivity contribution is 7.91. The number of carboxylic acid groups (broad SMARTS) is 1. The molecule has 0 aliphatic rings. The van der Waals surface area contributed by atoms with Gasteiger partial charge in [0.2, 0.25) is 0 Å². The summed E-state index contributed by atoms with van der Waals surface area (Å²) in [5.41, 5.74) is 0.868. The van der Waals surface area contributed by atoms with Gasteiger partial charge in [0.15, 0.2) is 0 Å². The van der Waals surface area contributed by atoms with Crippen LogP contribution in [0.2, 0.25) is 0 Å². The van der Waals surface area contributed by atoms with Gasteiger partial charge in [-0.15, -0.1) is 0 Å². The number of carbonyl (C=O) groups is 1. The normalized spacial score (nSPS) is 15.6. The smallest absolute Gasteiger partial charge is 0.405 e. The highest BCUT2D eigenvalue weighted by Crippen LogP contribution is 2.18. The molecule has 0 bridgehead atoms. The Morgan fingerprint density at radius 3 is 2.60 bits per heavy atom. The van der Waals surface area contributed by atoms with Crippen molar-refractivity contribution < 1.29 is 14.5 Å². The zero-order valence-corrected chi connectivity index (χ0v) is 12.8. The van der Waals surface area contributed by atoms with Gasteiger partial charge in [-0.3, -0.25) is 4.98 Å². The molecule has 20 heavy (non-hydrogen) atoms. The molecule has 2 N–H and O–H groups in total. The van der Waals surface area contributed by atoms with Crippen LogP contribution in [-0.4, -0.2) is 37.2 Å². The van der Waals surface area contributed by atoms with Crippen molar-refractivity contribution in [3.8, 4) is 0 Å². The number of nitrogens with zero attached hydrogens (tertiary/aromatic N) is 2. The minimum Gasteiger partial charge on any atom is -0.591 e. The predicted molar refractivity (Wildman–Crippen MR) is 79.3 cm³/mol. The molecule has 2 atom stereocenters. The Bertz CT molecular complexity index is 485. The SMILES string of the molecule is C[C@H](NC(=O)O)/C(=N\[S+]([O-])C(C)(C)C)c1ccccn1. The first kappa shape index (κ1) is 16.5. The van der Waals surface area contributed by atoms with Crippen LogP contribution in [0.5, 0.6) is 0 Å². The molecule has 7 heteroatoms. The molecule has 1 aromatic rings. The number of hydrogen-bond acceptors (Lipinski definition) is 4. The number of rotatable bonds is 4. The molecule has 0 saturated heterocycles. The first-order valence-corrected chi connectivity index (χ1v) is 7.24. The summed E-state index contributed by atoms with van der Waals surface area (Å²) in [7, 11) is 0. The maximum atomic E-state index is 12.2. The van der Waals surface area contributed by atoms with Gasteiger partial charge in [-0.05, 0) is 39.8 Å². The van der Waals surface area contributed by atoms with Crippen molar-refractivity contribution in [3.05, 3.63) is 30.1 Å². The Morgan fingerprint density at radius 2 is 2.15 bits per heavy atom. The van der Waals surface area contributed by atoms with Gasteiger partial charge in [0.1, 0.15) is 21.8 Å². The van der Waals surface area contributed by atoms with Crippen molar-refractivity contribution in [2.75, 3.05) is 0 Å². The zero-order chi connectivity index (χ0) is 15.3. The summed E-state index contributed by atoms with van der Waals surface area (Å²) in [6.07, 6.45) is 0.418. The van der Waals surface area contributed by atoms with Crippen LogP contribution in [0.1, 0.15) is 33.4 Å². The molecule has 110 valence electrons. The summed E-state index contributed by atoms with van der Waals surface area (Å²) in [6.45, 7) is 7.05. The molecular weight excluding hydrogens is 278 g/mol. The third-order valence-corrected chi connectivity index (χ3v) is 3.79. The van der Waals surface area contributed by atoms with Crippen LogP contribution in [0.3, 0.4) is 0 Å². The molecule has 1 heterocycles. The van der Waals surface area contributed by atoms with Crippen molar-refractivity contribution in [1.29, 1.82) is 0 Å². The molecule has 0 aromatic carbocycles. The fourth-order valence-corrected chi connectivity index (χ4v) is 2.05. The molecule has 0 aliphatic carbocycles. The molecule has 1 aromatic heterocycles. The topological polar surface area (TPSA) is 97.6 Å². The molecule has 0 aliphatic heterocycles. The molecule has 0 fully saturated rings. The van der Waals surface area contributed by atoms with E-state index in [2.05, 4.69) is 14.7 Å². The maximum absolute atomic E-state index is 12.2. The highest BCUT2D eigenvalue weighted by Gasteiger charge is 2.29. The van der Waals surface area contributed by atoms with Crippen molar-refractivity contribution >= 4 is 23.2 Å². The van der Waals surface area contributed by atoms with Gasteiger partial charge in [-0.1, -0.05) is 10.5 Å². The predicted octanol–water partition coefficient (Wildman–Crippen LogP) is 1.99. The number of hydrogen-bond donors (Lipinski definition) is 2. The van der Waals surface area contributed by atoms with Crippen LogP contribution in [-0.2, 0) is 11.4 Å². The van der Waals surface area contributed by atoms with E-state index >= 15 is 0 Å². The van der Waals surface area contributed by atoms with Gasteiger partial charge in [0, 0.05) is 6.20 Å². The number of nitrogens with one attached hydrogen (secondary N) is 1. The molecule has 1 rings (SSSR count). The van der Waals surface area contributed by atoms with E-state index in [1.54, 1.807) is 52.1 Å². The van der Waals surface area contributed by atoms with Crippen molar-refractivity contribution in [2.24, 2.45) is 4.40 Å². The van der Waals surface area contributed by atoms with E-state index in [1.807, 2.05) is 0 Å². The van der Waals surface area contributed by atoms with Gasteiger partial charge in [-0.25, -0.2) is 4.79 Å². The van der Waals surface area contributed by atoms with E-state index in [-0.39, 0.29) is 0 Å². The second-order valence-corrected chi connectivity index (χ2v) is 7.13. The summed E-state index contributed by atoms with van der Waals surface area (Å²) >= 11 is -1.49. The first-order chi connectivity index (χ1) is 9.21. The molecule has 1 amide bonds. The molecular formula is C13H19N3O3S. The number of aromatic nitrogens is 1. The summed E-state index contributed by atoms with van der Waals surface area (Å²) in [6, 6.07) is 4.62. The van der Waals surface area contributed by atoms with E-state index in [1.165, 1.54) is 0 Å².